The summed E-state index contributed by atoms with van der Waals surface area (Å²) in [5.41, 5.74) is 7.46. The van der Waals surface area contributed by atoms with E-state index in [0.29, 0.717) is 12.1 Å². The summed E-state index contributed by atoms with van der Waals surface area (Å²) in [5.74, 6) is -3.50. The van der Waals surface area contributed by atoms with Crippen LogP contribution in [0, 0.1) is 11.8 Å². The molecule has 1 saturated heterocycles. The van der Waals surface area contributed by atoms with Gasteiger partial charge in [0.15, 0.2) is 0 Å². The van der Waals surface area contributed by atoms with Crippen molar-refractivity contribution in [3.05, 3.63) is 71.8 Å². The molecule has 166 valence electrons. The van der Waals surface area contributed by atoms with E-state index in [9.17, 15) is 14.7 Å². The largest absolute Gasteiger partial charge is 0.481 e. The number of carboxylic acid groups (broad SMARTS) is 1. The average Bonchev–Trinajstić information content (AvgIpc) is 3.11. The fourth-order valence-electron chi connectivity index (χ4n) is 3.77. The van der Waals surface area contributed by atoms with Crippen LogP contribution in [-0.2, 0) is 25.7 Å². The molecule has 3 N–H and O–H groups in total. The van der Waals surface area contributed by atoms with Crippen LogP contribution in [0.15, 0.2) is 60.7 Å². The van der Waals surface area contributed by atoms with Gasteiger partial charge in [-0.3, -0.25) is 14.4 Å². The van der Waals surface area contributed by atoms with Crippen molar-refractivity contribution in [3.63, 3.8) is 0 Å². The van der Waals surface area contributed by atoms with Crippen LogP contribution in [0.5, 0.6) is 0 Å². The lowest BCUT2D eigenvalue weighted by atomic mass is 9.83. The summed E-state index contributed by atoms with van der Waals surface area (Å²) in [6.07, 6.45) is -0.953. The molecule has 4 atom stereocenters. The summed E-state index contributed by atoms with van der Waals surface area (Å²) in [7, 11) is 0. The molecule has 7 heteroatoms. The molecule has 0 saturated carbocycles. The van der Waals surface area contributed by atoms with Crippen molar-refractivity contribution in [1.82, 2.24) is 5.06 Å². The van der Waals surface area contributed by atoms with E-state index >= 15 is 0 Å². The number of carbonyl (C=O) groups is 2. The molecule has 1 aliphatic heterocycles. The molecule has 0 amide bonds. The fraction of sp³-hybridized carbons (Fsp3) is 0.417. The van der Waals surface area contributed by atoms with Crippen LogP contribution in [0.2, 0.25) is 0 Å². The zero-order valence-electron chi connectivity index (χ0n) is 18.1. The van der Waals surface area contributed by atoms with Gasteiger partial charge in [-0.15, -0.1) is 0 Å². The van der Waals surface area contributed by atoms with Gasteiger partial charge >= 0.3 is 11.9 Å². The van der Waals surface area contributed by atoms with E-state index in [-0.39, 0.29) is 6.54 Å². The predicted octanol–water partition coefficient (Wildman–Crippen LogP) is 3.16. The van der Waals surface area contributed by atoms with Crippen molar-refractivity contribution in [2.24, 2.45) is 17.6 Å². The zero-order chi connectivity index (χ0) is 22.6. The van der Waals surface area contributed by atoms with Gasteiger partial charge in [-0.25, -0.2) is 0 Å². The van der Waals surface area contributed by atoms with Crippen LogP contribution in [0.4, 0.5) is 0 Å². The monoisotopic (exact) mass is 426 g/mol. The molecule has 0 radical (unpaired) electrons. The summed E-state index contributed by atoms with van der Waals surface area (Å²) in [6, 6.07) is 18.0. The highest BCUT2D eigenvalue weighted by atomic mass is 16.7. The first-order valence-corrected chi connectivity index (χ1v) is 10.4. The van der Waals surface area contributed by atoms with Gasteiger partial charge in [0.1, 0.15) is 23.5 Å². The van der Waals surface area contributed by atoms with Crippen molar-refractivity contribution in [1.29, 1.82) is 0 Å². The predicted molar refractivity (Wildman–Crippen MR) is 116 cm³/mol. The Kier molecular flexibility index (Phi) is 7.10. The Morgan fingerprint density at radius 1 is 1.13 bits per heavy atom. The highest BCUT2D eigenvalue weighted by molar-refractivity contribution is 5.78. The van der Waals surface area contributed by atoms with Crippen LogP contribution in [0.3, 0.4) is 0 Å². The number of ether oxygens (including phenoxy) is 1. The summed E-state index contributed by atoms with van der Waals surface area (Å²) in [5, 5.41) is 11.5. The van der Waals surface area contributed by atoms with Crippen LogP contribution in [-0.4, -0.2) is 40.4 Å². The second-order valence-corrected chi connectivity index (χ2v) is 8.82. The Morgan fingerprint density at radius 2 is 1.71 bits per heavy atom. The summed E-state index contributed by atoms with van der Waals surface area (Å²) in [4.78, 5) is 31.3. The first-order chi connectivity index (χ1) is 14.7. The van der Waals surface area contributed by atoms with Crippen molar-refractivity contribution in [2.45, 2.75) is 45.1 Å². The van der Waals surface area contributed by atoms with Crippen LogP contribution in [0.1, 0.15) is 37.9 Å². The average molecular weight is 427 g/mol. The normalized spacial score (nSPS) is 21.4. The van der Waals surface area contributed by atoms with E-state index in [2.05, 4.69) is 0 Å². The molecular weight excluding hydrogens is 396 g/mol. The summed E-state index contributed by atoms with van der Waals surface area (Å²) < 4.78 is 5.63. The van der Waals surface area contributed by atoms with Gasteiger partial charge in [0.2, 0.25) is 0 Å². The second-order valence-electron chi connectivity index (χ2n) is 8.82. The number of nitrogens with two attached hydrogens (primary N) is 1. The van der Waals surface area contributed by atoms with Gasteiger partial charge in [-0.05, 0) is 31.9 Å². The number of esters is 1. The van der Waals surface area contributed by atoms with Gasteiger partial charge in [-0.2, -0.15) is 5.06 Å². The second kappa shape index (κ2) is 9.60. The highest BCUT2D eigenvalue weighted by Gasteiger charge is 2.49. The summed E-state index contributed by atoms with van der Waals surface area (Å²) in [6.45, 7) is 5.85. The fourth-order valence-corrected chi connectivity index (χ4v) is 3.77. The molecular formula is C24H30N2O5. The van der Waals surface area contributed by atoms with E-state index in [4.69, 9.17) is 15.3 Å². The molecule has 7 nitrogen and oxygen atoms in total. The number of hydroxylamine groups is 2. The molecule has 1 aliphatic rings. The topological polar surface area (TPSA) is 102 Å². The maximum atomic E-state index is 13.2. The van der Waals surface area contributed by atoms with Crippen LogP contribution >= 0.6 is 0 Å². The van der Waals surface area contributed by atoms with Gasteiger partial charge in [0.25, 0.3) is 0 Å². The quantitative estimate of drug-likeness (QED) is 0.656. The third-order valence-corrected chi connectivity index (χ3v) is 5.19. The SMILES string of the molecule is CC(C)(C)OC(=O)[C@@H](C(N)c1ccccc1)C1ON(Cc2ccccc2)CC1C(=O)O. The minimum atomic E-state index is -1.03. The van der Waals surface area contributed by atoms with Gasteiger partial charge in [0.05, 0.1) is 0 Å². The third kappa shape index (κ3) is 5.91. The highest BCUT2D eigenvalue weighted by Crippen LogP contribution is 2.36. The molecule has 0 aliphatic carbocycles. The smallest absolute Gasteiger partial charge is 0.314 e. The maximum Gasteiger partial charge on any atom is 0.314 e. The molecule has 1 fully saturated rings. The van der Waals surface area contributed by atoms with E-state index in [1.165, 1.54) is 0 Å². The number of benzene rings is 2. The molecule has 2 aromatic carbocycles. The number of hydrogen-bond acceptors (Lipinski definition) is 6. The molecule has 0 aromatic heterocycles. The third-order valence-electron chi connectivity index (χ3n) is 5.19. The first-order valence-electron chi connectivity index (χ1n) is 10.4. The van der Waals surface area contributed by atoms with Crippen LogP contribution in [0.25, 0.3) is 0 Å². The molecule has 0 bridgehead atoms. The molecule has 2 aromatic rings. The molecule has 3 rings (SSSR count). The first kappa shape index (κ1) is 22.9. The Bertz CT molecular complexity index is 882. The van der Waals surface area contributed by atoms with Gasteiger partial charge in [-0.1, -0.05) is 60.7 Å². The number of carbonyl (C=O) groups excluding carboxylic acids is 1. The molecule has 31 heavy (non-hydrogen) atoms. The van der Waals surface area contributed by atoms with Crippen LogP contribution < -0.4 is 5.73 Å². The Morgan fingerprint density at radius 3 is 2.26 bits per heavy atom. The summed E-state index contributed by atoms with van der Waals surface area (Å²) >= 11 is 0. The van der Waals surface area contributed by atoms with Gasteiger partial charge in [0, 0.05) is 19.1 Å². The van der Waals surface area contributed by atoms with E-state index in [1.807, 2.05) is 60.7 Å². The van der Waals surface area contributed by atoms with Crippen molar-refractivity contribution in [2.75, 3.05) is 6.54 Å². The number of carboxylic acids is 1. The minimum Gasteiger partial charge on any atom is -0.481 e. The maximum absolute atomic E-state index is 13.2. The standard InChI is InChI=1S/C24H30N2O5/c1-24(2,3)30-23(29)19(20(25)17-12-8-5-9-13-17)21-18(22(27)28)15-26(31-21)14-16-10-6-4-7-11-16/h4-13,18-21H,14-15,25H2,1-3H3,(H,27,28)/t18?,19-,20?,21?/m0/s1. The van der Waals surface area contributed by atoms with Crippen molar-refractivity contribution >= 4 is 11.9 Å². The lowest BCUT2D eigenvalue weighted by Crippen LogP contribution is -2.45. The molecule has 1 heterocycles. The Balaban J connectivity index is 1.91. The lowest BCUT2D eigenvalue weighted by molar-refractivity contribution is -0.192. The van der Waals surface area contributed by atoms with Gasteiger partial charge < -0.3 is 15.6 Å². The Labute approximate surface area is 182 Å². The number of rotatable bonds is 7. The minimum absolute atomic E-state index is 0.149. The lowest BCUT2D eigenvalue weighted by Gasteiger charge is -2.32. The number of nitrogens with zero attached hydrogens (tertiary/aromatic N) is 1. The van der Waals surface area contributed by atoms with E-state index in [0.717, 1.165) is 5.56 Å². The van der Waals surface area contributed by atoms with E-state index in [1.54, 1.807) is 25.8 Å². The molecule has 3 unspecified atom stereocenters. The Hall–Kier alpha value is -2.74. The van der Waals surface area contributed by atoms with Crippen molar-refractivity contribution < 1.29 is 24.3 Å². The zero-order valence-corrected chi connectivity index (χ0v) is 18.1. The number of hydrogen-bond donors (Lipinski definition) is 2. The number of aliphatic carboxylic acids is 1. The molecule has 0 spiro atoms. The van der Waals surface area contributed by atoms with E-state index < -0.39 is 41.5 Å². The van der Waals surface area contributed by atoms with Crippen molar-refractivity contribution in [3.8, 4) is 0 Å².